The van der Waals surface area contributed by atoms with Gasteiger partial charge >= 0.3 is 0 Å². The van der Waals surface area contributed by atoms with Gasteiger partial charge in [-0.05, 0) is 6.92 Å². The van der Waals surface area contributed by atoms with E-state index in [0.717, 1.165) is 0 Å². The molecular weight excluding hydrogens is 587 g/mol. The quantitative estimate of drug-likeness (QED) is 0.142. The standard InChI is InChI=1S/C25H25IO10/c1-9-18(28)23(33)17(26)24(35-9)36-13-7-25(34,8-27)6-12-14(13)22(32)16-15(21(12)31)19(29)10-4-2-3-5-11(10)20(16)30/h2-5,9,13,17-18,23-24,27-28,31-34H,6-8H2,1H3/t9-,13-,17+,18+,23-,24-,25-/m0/s1. The Hall–Kier alpha value is -2.13. The Morgan fingerprint density at radius 1 is 1.06 bits per heavy atom. The van der Waals surface area contributed by atoms with Crippen LogP contribution in [-0.4, -0.2) is 82.9 Å². The van der Waals surface area contributed by atoms with Crippen LogP contribution in [-0.2, 0) is 15.9 Å². The molecule has 6 N–H and O–H groups in total. The molecule has 11 heteroatoms. The highest BCUT2D eigenvalue weighted by molar-refractivity contribution is 14.1. The second kappa shape index (κ2) is 9.01. The van der Waals surface area contributed by atoms with Crippen LogP contribution in [0.4, 0.5) is 0 Å². The van der Waals surface area contributed by atoms with Crippen LogP contribution in [0.3, 0.4) is 0 Å². The Morgan fingerprint density at radius 3 is 2.22 bits per heavy atom. The van der Waals surface area contributed by atoms with Crippen molar-refractivity contribution in [3.8, 4) is 11.5 Å². The maximum atomic E-state index is 13.3. The molecule has 0 aromatic heterocycles. The molecule has 0 saturated carbocycles. The number of aromatic hydroxyl groups is 2. The molecule has 10 nitrogen and oxygen atoms in total. The van der Waals surface area contributed by atoms with Crippen LogP contribution in [0.5, 0.6) is 11.5 Å². The van der Waals surface area contributed by atoms with Gasteiger partial charge in [0.1, 0.15) is 17.6 Å². The van der Waals surface area contributed by atoms with E-state index < -0.39 is 69.9 Å². The van der Waals surface area contributed by atoms with Crippen molar-refractivity contribution in [2.24, 2.45) is 0 Å². The maximum absolute atomic E-state index is 13.3. The third kappa shape index (κ3) is 3.76. The Morgan fingerprint density at radius 2 is 1.64 bits per heavy atom. The van der Waals surface area contributed by atoms with Crippen molar-refractivity contribution in [2.75, 3.05) is 6.61 Å². The second-order valence-corrected chi connectivity index (χ2v) is 11.0. The highest BCUT2D eigenvalue weighted by atomic mass is 127. The summed E-state index contributed by atoms with van der Waals surface area (Å²) in [6.45, 7) is 0.837. The lowest BCUT2D eigenvalue weighted by Crippen LogP contribution is -2.55. The van der Waals surface area contributed by atoms with Gasteiger partial charge in [0, 0.05) is 35.1 Å². The first-order valence-electron chi connectivity index (χ1n) is 11.4. The van der Waals surface area contributed by atoms with E-state index in [1.165, 1.54) is 12.1 Å². The monoisotopic (exact) mass is 612 g/mol. The van der Waals surface area contributed by atoms with Crippen LogP contribution in [0.15, 0.2) is 24.3 Å². The van der Waals surface area contributed by atoms with Crippen molar-refractivity contribution >= 4 is 34.2 Å². The topological polar surface area (TPSA) is 174 Å². The van der Waals surface area contributed by atoms with Gasteiger partial charge in [-0.2, -0.15) is 0 Å². The fourth-order valence-corrected chi connectivity index (χ4v) is 6.02. The van der Waals surface area contributed by atoms with Gasteiger partial charge in [0.25, 0.3) is 0 Å². The number of ether oxygens (including phenoxy) is 2. The predicted molar refractivity (Wildman–Crippen MR) is 131 cm³/mol. The summed E-state index contributed by atoms with van der Waals surface area (Å²) in [7, 11) is 0. The number of aliphatic hydroxyl groups is 4. The van der Waals surface area contributed by atoms with E-state index in [1.807, 2.05) is 22.6 Å². The lowest BCUT2D eigenvalue weighted by atomic mass is 9.73. The molecule has 192 valence electrons. The van der Waals surface area contributed by atoms with E-state index in [-0.39, 0.29) is 46.2 Å². The Kier molecular flexibility index (Phi) is 6.39. The van der Waals surface area contributed by atoms with Crippen LogP contribution in [0, 0.1) is 0 Å². The van der Waals surface area contributed by atoms with Crippen molar-refractivity contribution in [3.63, 3.8) is 0 Å². The van der Waals surface area contributed by atoms with Crippen molar-refractivity contribution in [1.29, 1.82) is 0 Å². The summed E-state index contributed by atoms with van der Waals surface area (Å²) in [4.78, 5) is 26.6. The number of hydrogen-bond acceptors (Lipinski definition) is 10. The normalized spacial score (nSPS) is 33.6. The van der Waals surface area contributed by atoms with Crippen molar-refractivity contribution < 1.29 is 49.7 Å². The average molecular weight is 612 g/mol. The van der Waals surface area contributed by atoms with E-state index in [1.54, 1.807) is 19.1 Å². The van der Waals surface area contributed by atoms with Gasteiger partial charge in [0.05, 0.1) is 45.6 Å². The molecule has 0 bridgehead atoms. The first kappa shape index (κ1) is 25.5. The van der Waals surface area contributed by atoms with Crippen molar-refractivity contribution in [2.45, 2.75) is 60.0 Å². The largest absolute Gasteiger partial charge is 0.507 e. The minimum absolute atomic E-state index is 0.00892. The van der Waals surface area contributed by atoms with E-state index in [0.29, 0.717) is 0 Å². The van der Waals surface area contributed by atoms with E-state index in [2.05, 4.69) is 0 Å². The first-order valence-corrected chi connectivity index (χ1v) is 12.7. The summed E-state index contributed by atoms with van der Waals surface area (Å²) in [5.41, 5.74) is -2.40. The summed E-state index contributed by atoms with van der Waals surface area (Å²) < 4.78 is 11.1. The summed E-state index contributed by atoms with van der Waals surface area (Å²) in [5.74, 6) is -2.44. The summed E-state index contributed by atoms with van der Waals surface area (Å²) in [5, 5.41) is 64.0. The van der Waals surface area contributed by atoms with Crippen LogP contribution < -0.4 is 0 Å². The molecule has 36 heavy (non-hydrogen) atoms. The number of ketones is 2. The van der Waals surface area contributed by atoms with Gasteiger partial charge in [-0.1, -0.05) is 46.9 Å². The molecule has 3 aliphatic rings. The molecule has 2 aromatic carbocycles. The summed E-state index contributed by atoms with van der Waals surface area (Å²) in [6.07, 6.45) is -6.00. The number of alkyl halides is 1. The number of benzene rings is 2. The zero-order chi connectivity index (χ0) is 26.1. The molecule has 5 rings (SSSR count). The predicted octanol–water partition coefficient (Wildman–Crippen LogP) is 0.871. The van der Waals surface area contributed by atoms with Crippen LogP contribution >= 0.6 is 22.6 Å². The highest BCUT2D eigenvalue weighted by Crippen LogP contribution is 2.52. The maximum Gasteiger partial charge on any atom is 0.198 e. The highest BCUT2D eigenvalue weighted by Gasteiger charge is 2.49. The molecule has 2 aliphatic carbocycles. The number of phenols is 2. The molecule has 1 heterocycles. The first-order chi connectivity index (χ1) is 17.0. The molecule has 0 amide bonds. The Balaban J connectivity index is 1.66. The second-order valence-electron chi connectivity index (χ2n) is 9.57. The number of fused-ring (bicyclic) bond motifs is 3. The van der Waals surface area contributed by atoms with Crippen molar-refractivity contribution in [1.82, 2.24) is 0 Å². The molecule has 0 spiro atoms. The third-order valence-corrected chi connectivity index (χ3v) is 8.54. The van der Waals surface area contributed by atoms with E-state index >= 15 is 0 Å². The van der Waals surface area contributed by atoms with Gasteiger partial charge in [0.15, 0.2) is 17.9 Å². The Bertz CT molecular complexity index is 1260. The van der Waals surface area contributed by atoms with Gasteiger partial charge < -0.3 is 40.1 Å². The smallest absolute Gasteiger partial charge is 0.198 e. The molecular formula is C25H25IO10. The molecule has 1 fully saturated rings. The number of aliphatic hydroxyl groups excluding tert-OH is 3. The van der Waals surface area contributed by atoms with Gasteiger partial charge in [-0.25, -0.2) is 0 Å². The zero-order valence-electron chi connectivity index (χ0n) is 19.1. The molecule has 0 radical (unpaired) electrons. The van der Waals surface area contributed by atoms with Gasteiger partial charge in [-0.15, -0.1) is 0 Å². The number of carbonyl (C=O) groups excluding carboxylic acids is 2. The minimum atomic E-state index is -1.78. The Labute approximate surface area is 219 Å². The van der Waals surface area contributed by atoms with Crippen LogP contribution in [0.2, 0.25) is 0 Å². The number of rotatable bonds is 3. The molecule has 2 aromatic rings. The number of phenolic OH excluding ortho intramolecular Hbond substituents is 2. The SMILES string of the molecule is C[C@@H]1O[C@@H](O[C@H]2C[C@](O)(CO)Cc3c(O)c4c(c(O)c32)C(=O)c2ccccc2C4=O)[C@H](I)[C@H](O)[C@@H]1O. The van der Waals surface area contributed by atoms with Crippen LogP contribution in [0.25, 0.3) is 0 Å². The number of halogens is 1. The lowest BCUT2D eigenvalue weighted by Gasteiger charge is -2.43. The van der Waals surface area contributed by atoms with Crippen LogP contribution in [0.1, 0.15) is 62.4 Å². The molecule has 7 atom stereocenters. The minimum Gasteiger partial charge on any atom is -0.507 e. The fraction of sp³-hybridized carbons (Fsp3) is 0.440. The number of carbonyl (C=O) groups is 2. The summed E-state index contributed by atoms with van der Waals surface area (Å²) in [6, 6.07) is 6.07. The fourth-order valence-electron chi connectivity index (χ4n) is 5.26. The zero-order valence-corrected chi connectivity index (χ0v) is 21.2. The summed E-state index contributed by atoms with van der Waals surface area (Å²) >= 11 is 1.86. The molecule has 1 saturated heterocycles. The number of hydrogen-bond donors (Lipinski definition) is 6. The third-order valence-electron chi connectivity index (χ3n) is 7.21. The van der Waals surface area contributed by atoms with E-state index in [9.17, 15) is 40.2 Å². The molecule has 1 aliphatic heterocycles. The lowest BCUT2D eigenvalue weighted by molar-refractivity contribution is -0.260. The van der Waals surface area contributed by atoms with Crippen molar-refractivity contribution in [3.05, 3.63) is 57.6 Å². The average Bonchev–Trinajstić information content (AvgIpc) is 2.86. The van der Waals surface area contributed by atoms with Gasteiger partial charge in [0.2, 0.25) is 0 Å². The van der Waals surface area contributed by atoms with Gasteiger partial charge in [-0.3, -0.25) is 9.59 Å². The molecule has 0 unspecified atom stereocenters. The van der Waals surface area contributed by atoms with E-state index in [4.69, 9.17) is 9.47 Å².